The largest absolute Gasteiger partial charge is 0.422 e. The molecule has 0 saturated carbocycles. The van der Waals surface area contributed by atoms with Crippen LogP contribution in [0.25, 0.3) is 11.1 Å². The van der Waals surface area contributed by atoms with Crippen LogP contribution in [-0.2, 0) is 0 Å². The lowest BCUT2D eigenvalue weighted by atomic mass is 10.0. The summed E-state index contributed by atoms with van der Waals surface area (Å²) in [6.45, 7) is 0. The number of pyridine rings is 1. The summed E-state index contributed by atoms with van der Waals surface area (Å²) in [5, 5.41) is 1.71. The van der Waals surface area contributed by atoms with Crippen molar-refractivity contribution in [3.8, 4) is 16.9 Å². The van der Waals surface area contributed by atoms with Gasteiger partial charge in [-0.05, 0) is 48.0 Å². The van der Waals surface area contributed by atoms with Gasteiger partial charge in [0.1, 0.15) is 28.1 Å². The van der Waals surface area contributed by atoms with Gasteiger partial charge in [-0.1, -0.05) is 47.5 Å². The van der Waals surface area contributed by atoms with Crippen molar-refractivity contribution in [3.63, 3.8) is 0 Å². The zero-order valence-corrected chi connectivity index (χ0v) is 19.0. The van der Waals surface area contributed by atoms with Gasteiger partial charge in [0.05, 0.1) is 5.56 Å². The van der Waals surface area contributed by atoms with E-state index in [1.54, 1.807) is 30.3 Å². The van der Waals surface area contributed by atoms with Gasteiger partial charge in [-0.2, -0.15) is 0 Å². The van der Waals surface area contributed by atoms with Crippen LogP contribution in [-0.4, -0.2) is 16.9 Å². The number of carbonyl (C=O) groups excluding carboxylic acids is 2. The molecule has 0 spiro atoms. The van der Waals surface area contributed by atoms with E-state index < -0.39 is 45.2 Å². The van der Waals surface area contributed by atoms with E-state index in [1.807, 2.05) is 0 Å². The molecule has 0 unspecified atom stereocenters. The molecule has 5 nitrogen and oxygen atoms in total. The maximum atomic E-state index is 14.4. The van der Waals surface area contributed by atoms with Crippen molar-refractivity contribution >= 4 is 40.8 Å². The molecule has 3 aromatic carbocycles. The second-order valence-electron chi connectivity index (χ2n) is 7.14. The van der Waals surface area contributed by atoms with Crippen molar-refractivity contribution in [3.05, 3.63) is 112 Å². The summed E-state index contributed by atoms with van der Waals surface area (Å²) >= 11 is 11.5. The average molecular weight is 517 g/mol. The Morgan fingerprint density at radius 2 is 1.54 bits per heavy atom. The molecule has 4 aromatic rings. The lowest BCUT2D eigenvalue weighted by Gasteiger charge is -2.13. The minimum absolute atomic E-state index is 0.0186. The van der Waals surface area contributed by atoms with E-state index in [0.29, 0.717) is 11.8 Å². The second-order valence-corrected chi connectivity index (χ2v) is 7.86. The number of benzene rings is 3. The van der Waals surface area contributed by atoms with Gasteiger partial charge in [0.2, 0.25) is 0 Å². The Balaban J connectivity index is 1.74. The summed E-state index contributed by atoms with van der Waals surface area (Å²) < 4.78 is 46.9. The van der Waals surface area contributed by atoms with E-state index in [9.17, 15) is 22.8 Å². The maximum absolute atomic E-state index is 14.4. The molecular formula is C25H13Cl2F3N2O3. The molecule has 0 bridgehead atoms. The fourth-order valence-corrected chi connectivity index (χ4v) is 3.55. The van der Waals surface area contributed by atoms with Crippen LogP contribution in [0.4, 0.5) is 18.9 Å². The van der Waals surface area contributed by atoms with Gasteiger partial charge in [0, 0.05) is 17.3 Å². The third-order valence-electron chi connectivity index (χ3n) is 4.81. The van der Waals surface area contributed by atoms with E-state index in [2.05, 4.69) is 10.3 Å². The predicted octanol–water partition coefficient (Wildman–Crippen LogP) is 6.94. The van der Waals surface area contributed by atoms with Gasteiger partial charge < -0.3 is 10.1 Å². The Morgan fingerprint density at radius 1 is 0.800 bits per heavy atom. The summed E-state index contributed by atoms with van der Waals surface area (Å²) in [5.74, 6) is -4.62. The molecular weight excluding hydrogens is 504 g/mol. The van der Waals surface area contributed by atoms with Crippen LogP contribution >= 0.6 is 23.2 Å². The summed E-state index contributed by atoms with van der Waals surface area (Å²) in [4.78, 5) is 29.3. The van der Waals surface area contributed by atoms with E-state index in [-0.39, 0.29) is 22.4 Å². The van der Waals surface area contributed by atoms with Crippen molar-refractivity contribution in [2.75, 3.05) is 5.32 Å². The summed E-state index contributed by atoms with van der Waals surface area (Å²) in [6, 6.07) is 16.1. The van der Waals surface area contributed by atoms with Gasteiger partial charge >= 0.3 is 5.97 Å². The number of amides is 1. The minimum Gasteiger partial charge on any atom is -0.422 e. The Morgan fingerprint density at radius 3 is 2.26 bits per heavy atom. The molecule has 0 saturated heterocycles. The Labute approximate surface area is 207 Å². The van der Waals surface area contributed by atoms with Crippen LogP contribution in [0.1, 0.15) is 20.7 Å². The molecule has 176 valence electrons. The highest BCUT2D eigenvalue weighted by molar-refractivity contribution is 6.34. The number of rotatable bonds is 5. The molecule has 0 atom stereocenters. The number of ether oxygens (including phenoxy) is 1. The van der Waals surface area contributed by atoms with Crippen LogP contribution in [0.2, 0.25) is 10.3 Å². The van der Waals surface area contributed by atoms with Crippen LogP contribution < -0.4 is 10.1 Å². The number of halogens is 5. The van der Waals surface area contributed by atoms with Crippen LogP contribution in [0.3, 0.4) is 0 Å². The van der Waals surface area contributed by atoms with Crippen molar-refractivity contribution < 1.29 is 27.5 Å². The second kappa shape index (κ2) is 10.2. The Hall–Kier alpha value is -3.88. The molecule has 1 aromatic heterocycles. The zero-order valence-electron chi connectivity index (χ0n) is 17.5. The topological polar surface area (TPSA) is 68.3 Å². The van der Waals surface area contributed by atoms with Crippen molar-refractivity contribution in [1.82, 2.24) is 4.98 Å². The van der Waals surface area contributed by atoms with Crippen molar-refractivity contribution in [2.45, 2.75) is 0 Å². The Kier molecular flexibility index (Phi) is 7.04. The number of nitrogens with one attached hydrogen (secondary N) is 1. The lowest BCUT2D eigenvalue weighted by molar-refractivity contribution is 0.0732. The van der Waals surface area contributed by atoms with E-state index in [4.69, 9.17) is 27.9 Å². The molecule has 1 amide bonds. The fraction of sp³-hybridized carbons (Fsp3) is 0. The first-order chi connectivity index (χ1) is 16.7. The fourth-order valence-electron chi connectivity index (χ4n) is 3.15. The molecule has 35 heavy (non-hydrogen) atoms. The number of esters is 1. The zero-order chi connectivity index (χ0) is 25.1. The molecule has 0 fully saturated rings. The third-order valence-corrected chi connectivity index (χ3v) is 5.36. The van der Waals surface area contributed by atoms with Gasteiger partial charge in [0.15, 0.2) is 11.0 Å². The lowest BCUT2D eigenvalue weighted by Crippen LogP contribution is -2.17. The first kappa shape index (κ1) is 24.3. The summed E-state index contributed by atoms with van der Waals surface area (Å²) in [5.41, 5.74) is 0.113. The number of hydrogen-bond acceptors (Lipinski definition) is 4. The van der Waals surface area contributed by atoms with E-state index >= 15 is 0 Å². The molecule has 1 N–H and O–H groups in total. The number of carbonyl (C=O) groups is 2. The van der Waals surface area contributed by atoms with Crippen LogP contribution in [0, 0.1) is 17.5 Å². The van der Waals surface area contributed by atoms with Crippen LogP contribution in [0.15, 0.2) is 72.8 Å². The summed E-state index contributed by atoms with van der Waals surface area (Å²) in [6.07, 6.45) is 0. The van der Waals surface area contributed by atoms with Crippen molar-refractivity contribution in [1.29, 1.82) is 0 Å². The van der Waals surface area contributed by atoms with Gasteiger partial charge in [-0.3, -0.25) is 4.79 Å². The smallest absolute Gasteiger partial charge is 0.346 e. The number of aromatic nitrogens is 1. The minimum atomic E-state index is -1.10. The average Bonchev–Trinajstić information content (AvgIpc) is 2.82. The molecule has 0 radical (unpaired) electrons. The maximum Gasteiger partial charge on any atom is 0.346 e. The first-order valence-corrected chi connectivity index (χ1v) is 10.7. The highest BCUT2D eigenvalue weighted by Crippen LogP contribution is 2.31. The van der Waals surface area contributed by atoms with E-state index in [0.717, 1.165) is 12.1 Å². The SMILES string of the molecule is O=C(Nc1ccccc1)c1cc(-c2ccc(F)cc2F)ccc1OC(=O)c1cc(F)c(Cl)nc1Cl. The molecule has 1 heterocycles. The molecule has 0 aliphatic rings. The monoisotopic (exact) mass is 516 g/mol. The van der Waals surface area contributed by atoms with Crippen LogP contribution in [0.5, 0.6) is 5.75 Å². The van der Waals surface area contributed by atoms with E-state index in [1.165, 1.54) is 24.3 Å². The van der Waals surface area contributed by atoms with Gasteiger partial charge in [-0.25, -0.2) is 22.9 Å². The quantitative estimate of drug-likeness (QED) is 0.177. The number of nitrogens with zero attached hydrogens (tertiary/aromatic N) is 1. The van der Waals surface area contributed by atoms with Crippen molar-refractivity contribution in [2.24, 2.45) is 0 Å². The number of hydrogen-bond donors (Lipinski definition) is 1. The summed E-state index contributed by atoms with van der Waals surface area (Å²) in [7, 11) is 0. The normalized spacial score (nSPS) is 10.7. The highest BCUT2D eigenvalue weighted by atomic mass is 35.5. The molecule has 0 aliphatic carbocycles. The Bertz CT molecular complexity index is 1450. The molecule has 10 heteroatoms. The van der Waals surface area contributed by atoms with Gasteiger partial charge in [0.25, 0.3) is 5.91 Å². The highest BCUT2D eigenvalue weighted by Gasteiger charge is 2.22. The molecule has 4 rings (SSSR count). The standard InChI is InChI=1S/C25H13Cl2F3N2O3/c26-22-18(12-20(30)23(27)32-22)25(34)35-21-9-6-13(16-8-7-14(28)11-19(16)29)10-17(21)24(33)31-15-4-2-1-3-5-15/h1-12H,(H,31,33). The first-order valence-electron chi connectivity index (χ1n) is 9.92. The van der Waals surface area contributed by atoms with Gasteiger partial charge in [-0.15, -0.1) is 0 Å². The number of para-hydroxylation sites is 1. The number of anilines is 1. The third kappa shape index (κ3) is 5.45. The predicted molar refractivity (Wildman–Crippen MR) is 125 cm³/mol. The molecule has 0 aliphatic heterocycles.